The van der Waals surface area contributed by atoms with Crippen LogP contribution < -0.4 is 16.2 Å². The van der Waals surface area contributed by atoms with E-state index < -0.39 is 0 Å². The molecule has 0 radical (unpaired) electrons. The highest BCUT2D eigenvalue weighted by molar-refractivity contribution is 5.27. The molecule has 5 nitrogen and oxygen atoms in total. The predicted molar refractivity (Wildman–Crippen MR) is 84.6 cm³/mol. The lowest BCUT2D eigenvalue weighted by molar-refractivity contribution is 0.270. The van der Waals surface area contributed by atoms with Crippen molar-refractivity contribution in [1.29, 1.82) is 5.26 Å². The zero-order valence-corrected chi connectivity index (χ0v) is 12.9. The molecule has 0 spiro atoms. The van der Waals surface area contributed by atoms with Gasteiger partial charge in [0.1, 0.15) is 0 Å². The van der Waals surface area contributed by atoms with E-state index in [4.69, 9.17) is 5.26 Å². The van der Waals surface area contributed by atoms with Crippen LogP contribution in [0.15, 0.2) is 24.3 Å². The van der Waals surface area contributed by atoms with Crippen molar-refractivity contribution in [2.75, 3.05) is 40.3 Å². The minimum Gasteiger partial charge on any atom is -0.318 e. The van der Waals surface area contributed by atoms with Crippen molar-refractivity contribution < 1.29 is 0 Å². The third kappa shape index (κ3) is 4.51. The molecule has 0 aromatic heterocycles. The molecule has 5 heteroatoms. The third-order valence-electron chi connectivity index (χ3n) is 4.00. The number of benzene rings is 1. The van der Waals surface area contributed by atoms with E-state index in [0.717, 1.165) is 31.7 Å². The largest absolute Gasteiger partial charge is 0.318 e. The third-order valence-corrected chi connectivity index (χ3v) is 4.00. The van der Waals surface area contributed by atoms with Gasteiger partial charge in [0.05, 0.1) is 18.5 Å². The highest BCUT2D eigenvalue weighted by Gasteiger charge is 2.28. The SMILES string of the molecule is CNCCN(C)CC1CNNC1c1ccc(CC#N)cc1. The van der Waals surface area contributed by atoms with Gasteiger partial charge in [0.15, 0.2) is 0 Å². The standard InChI is InChI=1S/C16H25N5/c1-18-9-10-21(2)12-15-11-19-20-16(15)14-5-3-13(4-6-14)7-8-17/h3-6,15-16,18-20H,7,9-12H2,1-2H3. The fourth-order valence-electron chi connectivity index (χ4n) is 2.79. The van der Waals surface area contributed by atoms with E-state index in [1.54, 1.807) is 0 Å². The Morgan fingerprint density at radius 3 is 2.81 bits per heavy atom. The minimum atomic E-state index is 0.332. The van der Waals surface area contributed by atoms with Gasteiger partial charge in [-0.25, -0.2) is 5.43 Å². The number of nitrogens with zero attached hydrogens (tertiary/aromatic N) is 2. The van der Waals surface area contributed by atoms with Crippen molar-refractivity contribution in [2.45, 2.75) is 12.5 Å². The maximum absolute atomic E-state index is 8.73. The van der Waals surface area contributed by atoms with Gasteiger partial charge in [-0.15, -0.1) is 0 Å². The molecule has 0 bridgehead atoms. The summed E-state index contributed by atoms with van der Waals surface area (Å²) in [4.78, 5) is 2.37. The first-order valence-electron chi connectivity index (χ1n) is 7.52. The topological polar surface area (TPSA) is 63.1 Å². The Kier molecular flexibility index (Phi) is 6.15. The summed E-state index contributed by atoms with van der Waals surface area (Å²) >= 11 is 0. The number of likely N-dealkylation sites (N-methyl/N-ethyl adjacent to an activating group) is 2. The zero-order valence-electron chi connectivity index (χ0n) is 12.9. The molecule has 1 aromatic rings. The summed E-state index contributed by atoms with van der Waals surface area (Å²) in [6.07, 6.45) is 0.479. The Balaban J connectivity index is 1.96. The van der Waals surface area contributed by atoms with Crippen LogP contribution in [0.3, 0.4) is 0 Å². The van der Waals surface area contributed by atoms with Crippen molar-refractivity contribution in [2.24, 2.45) is 5.92 Å². The van der Waals surface area contributed by atoms with E-state index in [0.29, 0.717) is 18.4 Å². The van der Waals surface area contributed by atoms with Crippen molar-refractivity contribution in [3.05, 3.63) is 35.4 Å². The lowest BCUT2D eigenvalue weighted by Gasteiger charge is -2.24. The zero-order chi connectivity index (χ0) is 15.1. The van der Waals surface area contributed by atoms with Gasteiger partial charge in [-0.2, -0.15) is 5.26 Å². The number of nitrogens with one attached hydrogen (secondary N) is 3. The molecule has 0 saturated carbocycles. The molecule has 1 aliphatic heterocycles. The number of hydrogen-bond acceptors (Lipinski definition) is 5. The molecular formula is C16H25N5. The van der Waals surface area contributed by atoms with Gasteiger partial charge >= 0.3 is 0 Å². The number of rotatable bonds is 7. The van der Waals surface area contributed by atoms with Crippen molar-refractivity contribution in [3.63, 3.8) is 0 Å². The van der Waals surface area contributed by atoms with Crippen LogP contribution in [0.2, 0.25) is 0 Å². The summed E-state index contributed by atoms with van der Waals surface area (Å²) in [5, 5.41) is 11.9. The van der Waals surface area contributed by atoms with Crippen LogP contribution in [0.5, 0.6) is 0 Å². The summed E-state index contributed by atoms with van der Waals surface area (Å²) in [5.41, 5.74) is 9.02. The molecule has 2 unspecified atom stereocenters. The van der Waals surface area contributed by atoms with Gasteiger partial charge in [-0.3, -0.25) is 5.43 Å². The van der Waals surface area contributed by atoms with Gasteiger partial charge in [-0.1, -0.05) is 24.3 Å². The second kappa shape index (κ2) is 8.11. The van der Waals surface area contributed by atoms with E-state index >= 15 is 0 Å². The van der Waals surface area contributed by atoms with Gasteiger partial charge in [0.25, 0.3) is 0 Å². The Labute approximate surface area is 127 Å². The predicted octanol–water partition coefficient (Wildman–Crippen LogP) is 0.669. The van der Waals surface area contributed by atoms with Crippen LogP contribution in [0.25, 0.3) is 0 Å². The van der Waals surface area contributed by atoms with Crippen LogP contribution in [0, 0.1) is 17.2 Å². The van der Waals surface area contributed by atoms with Gasteiger partial charge in [-0.05, 0) is 25.2 Å². The van der Waals surface area contributed by atoms with E-state index in [9.17, 15) is 0 Å². The molecule has 0 aliphatic carbocycles. The quantitative estimate of drug-likeness (QED) is 0.688. The Bertz CT molecular complexity index is 465. The first kappa shape index (κ1) is 15.9. The summed E-state index contributed by atoms with van der Waals surface area (Å²) in [5.74, 6) is 0.550. The summed E-state index contributed by atoms with van der Waals surface area (Å²) < 4.78 is 0. The fraction of sp³-hybridized carbons (Fsp3) is 0.562. The smallest absolute Gasteiger partial charge is 0.0669 e. The molecule has 3 N–H and O–H groups in total. The molecule has 21 heavy (non-hydrogen) atoms. The molecule has 2 atom stereocenters. The van der Waals surface area contributed by atoms with Gasteiger partial charge in [0.2, 0.25) is 0 Å². The van der Waals surface area contributed by atoms with Crippen molar-refractivity contribution in [1.82, 2.24) is 21.1 Å². The van der Waals surface area contributed by atoms with Crippen LogP contribution in [-0.2, 0) is 6.42 Å². The minimum absolute atomic E-state index is 0.332. The van der Waals surface area contributed by atoms with Gasteiger partial charge < -0.3 is 10.2 Å². The average Bonchev–Trinajstić information content (AvgIpc) is 2.94. The highest BCUT2D eigenvalue weighted by Crippen LogP contribution is 2.25. The Morgan fingerprint density at radius 2 is 2.14 bits per heavy atom. The van der Waals surface area contributed by atoms with Crippen LogP contribution in [0.4, 0.5) is 0 Å². The second-order valence-electron chi connectivity index (χ2n) is 5.71. The van der Waals surface area contributed by atoms with Gasteiger partial charge in [0, 0.05) is 32.1 Å². The summed E-state index contributed by atoms with van der Waals surface area (Å²) in [7, 11) is 4.15. The molecule has 0 amide bonds. The lowest BCUT2D eigenvalue weighted by atomic mass is 9.93. The number of hydrazine groups is 1. The molecule has 1 saturated heterocycles. The summed E-state index contributed by atoms with van der Waals surface area (Å²) in [6.45, 7) is 4.11. The molecule has 1 heterocycles. The molecular weight excluding hydrogens is 262 g/mol. The van der Waals surface area contributed by atoms with Crippen molar-refractivity contribution in [3.8, 4) is 6.07 Å². The van der Waals surface area contributed by atoms with Crippen LogP contribution in [-0.4, -0.2) is 45.2 Å². The molecule has 1 fully saturated rings. The molecule has 2 rings (SSSR count). The van der Waals surface area contributed by atoms with E-state index in [1.807, 2.05) is 7.05 Å². The Hall–Kier alpha value is -1.45. The molecule has 1 aromatic carbocycles. The lowest BCUT2D eigenvalue weighted by Crippen LogP contribution is -2.34. The molecule has 114 valence electrons. The first-order chi connectivity index (χ1) is 10.2. The number of nitriles is 1. The maximum Gasteiger partial charge on any atom is 0.0669 e. The highest BCUT2D eigenvalue weighted by atomic mass is 15.4. The summed E-state index contributed by atoms with van der Waals surface area (Å²) in [6, 6.07) is 10.9. The first-order valence-corrected chi connectivity index (χ1v) is 7.52. The van der Waals surface area contributed by atoms with E-state index in [-0.39, 0.29) is 0 Å². The monoisotopic (exact) mass is 287 g/mol. The van der Waals surface area contributed by atoms with Crippen LogP contribution in [0.1, 0.15) is 17.2 Å². The van der Waals surface area contributed by atoms with Crippen molar-refractivity contribution >= 4 is 0 Å². The normalized spacial score (nSPS) is 21.6. The van der Waals surface area contributed by atoms with Crippen LogP contribution >= 0.6 is 0 Å². The van der Waals surface area contributed by atoms with E-state index in [2.05, 4.69) is 58.5 Å². The average molecular weight is 287 g/mol. The number of hydrogen-bond donors (Lipinski definition) is 3. The molecule has 1 aliphatic rings. The second-order valence-corrected chi connectivity index (χ2v) is 5.71. The fourth-order valence-corrected chi connectivity index (χ4v) is 2.79. The maximum atomic E-state index is 8.73. The van der Waals surface area contributed by atoms with E-state index in [1.165, 1.54) is 5.56 Å². The Morgan fingerprint density at radius 1 is 1.38 bits per heavy atom.